The Hall–Kier alpha value is -3.90. The van der Waals surface area contributed by atoms with Crippen molar-refractivity contribution < 1.29 is 0 Å². The second-order valence-electron chi connectivity index (χ2n) is 16.9. The minimum Gasteiger partial charge on any atom is -0.0622 e. The van der Waals surface area contributed by atoms with Gasteiger partial charge in [-0.2, -0.15) is 0 Å². The van der Waals surface area contributed by atoms with Gasteiger partial charge >= 0.3 is 0 Å². The molecule has 0 nitrogen and oxygen atoms in total. The highest BCUT2D eigenvalue weighted by Gasteiger charge is 2.47. The van der Waals surface area contributed by atoms with Gasteiger partial charge < -0.3 is 0 Å². The molecule has 0 saturated heterocycles. The Kier molecular flexibility index (Phi) is 7.91. The van der Waals surface area contributed by atoms with E-state index in [0.717, 1.165) is 36.5 Å². The second kappa shape index (κ2) is 12.5. The fraction of sp³-hybridized carbons (Fsp3) is 0.388. The van der Waals surface area contributed by atoms with Gasteiger partial charge in [0.05, 0.1) is 0 Å². The number of aryl methyl sites for hydroxylation is 1. The Morgan fingerprint density at radius 3 is 1.45 bits per heavy atom. The van der Waals surface area contributed by atoms with Crippen LogP contribution in [0.2, 0.25) is 0 Å². The van der Waals surface area contributed by atoms with Crippen molar-refractivity contribution in [1.82, 2.24) is 0 Å². The third kappa shape index (κ3) is 5.51. The lowest BCUT2D eigenvalue weighted by molar-refractivity contribution is 0.324. The van der Waals surface area contributed by atoms with Crippen LogP contribution in [0.25, 0.3) is 22.3 Å². The zero-order valence-electron chi connectivity index (χ0n) is 29.9. The van der Waals surface area contributed by atoms with Crippen LogP contribution in [0.4, 0.5) is 0 Å². The molecule has 2 saturated carbocycles. The molecule has 5 aromatic rings. The largest absolute Gasteiger partial charge is 0.0622 e. The molecular formula is C49H52. The van der Waals surface area contributed by atoms with Crippen LogP contribution >= 0.6 is 0 Å². The minimum absolute atomic E-state index is 0.185. The Labute approximate surface area is 295 Å². The molecule has 0 heteroatoms. The summed E-state index contributed by atoms with van der Waals surface area (Å²) < 4.78 is 0. The highest BCUT2D eigenvalue weighted by molar-refractivity contribution is 5.68. The Balaban J connectivity index is 1.23. The smallest absolute Gasteiger partial charge is 0.00986 e. The highest BCUT2D eigenvalue weighted by atomic mass is 14.5. The summed E-state index contributed by atoms with van der Waals surface area (Å²) in [5.74, 6) is 3.37. The molecule has 1 atom stereocenters. The van der Waals surface area contributed by atoms with E-state index in [9.17, 15) is 0 Å². The molecule has 0 spiro atoms. The molecule has 1 unspecified atom stereocenters. The van der Waals surface area contributed by atoms with Gasteiger partial charge in [-0.05, 0) is 160 Å². The topological polar surface area (TPSA) is 0 Å². The van der Waals surface area contributed by atoms with Gasteiger partial charge in [0.25, 0.3) is 0 Å². The molecule has 0 radical (unpaired) electrons. The van der Waals surface area contributed by atoms with Gasteiger partial charge in [-0.3, -0.25) is 0 Å². The Bertz CT molecular complexity index is 1890. The summed E-state index contributed by atoms with van der Waals surface area (Å²) in [5.41, 5.74) is 19.4. The molecule has 49 heavy (non-hydrogen) atoms. The van der Waals surface area contributed by atoms with Crippen LogP contribution in [0.15, 0.2) is 109 Å². The summed E-state index contributed by atoms with van der Waals surface area (Å²) in [6, 6.07) is 41.1. The lowest BCUT2D eigenvalue weighted by Crippen LogP contribution is -2.36. The Morgan fingerprint density at radius 2 is 0.939 bits per heavy atom. The molecule has 0 heterocycles. The normalized spacial score (nSPS) is 22.8. The predicted octanol–water partition coefficient (Wildman–Crippen LogP) is 13.6. The molecular weight excluding hydrogens is 589 g/mol. The standard InChI is InChI=1S/C49H52/c1-49(2,3)48-45-38-26-22-36(23-27-38)43(45)47(44-37-24-28-39(29-25-37)46(44)48)42(41-16-10-15-40(31-41)34-13-8-5-9-14-34)30-19-32-17-20-35(21-18-32)33-11-6-4-7-12-33/h4-18,20-21,31,36-39,42H,19,22-30H2,1-3H3. The van der Waals surface area contributed by atoms with Gasteiger partial charge in [-0.15, -0.1) is 0 Å². The summed E-state index contributed by atoms with van der Waals surface area (Å²) in [5, 5.41) is 0. The van der Waals surface area contributed by atoms with Gasteiger partial charge in [0, 0.05) is 5.92 Å². The van der Waals surface area contributed by atoms with Gasteiger partial charge in [-0.25, -0.2) is 0 Å². The zero-order valence-corrected chi connectivity index (χ0v) is 29.9. The van der Waals surface area contributed by atoms with Crippen molar-refractivity contribution in [3.8, 4) is 22.3 Å². The zero-order chi connectivity index (χ0) is 33.1. The summed E-state index contributed by atoms with van der Waals surface area (Å²) in [6.45, 7) is 7.60. The van der Waals surface area contributed by atoms with Crippen LogP contribution in [0.5, 0.6) is 0 Å². The molecule has 6 aliphatic carbocycles. The van der Waals surface area contributed by atoms with E-state index in [1.165, 1.54) is 84.7 Å². The molecule has 248 valence electrons. The summed E-state index contributed by atoms with van der Waals surface area (Å²) in [6.07, 6.45) is 13.4. The molecule has 6 aliphatic rings. The molecule has 0 amide bonds. The minimum atomic E-state index is 0.185. The van der Waals surface area contributed by atoms with Crippen LogP contribution < -0.4 is 0 Å². The number of rotatable bonds is 7. The van der Waals surface area contributed by atoms with Crippen molar-refractivity contribution in [2.45, 2.75) is 120 Å². The maximum Gasteiger partial charge on any atom is 0.00986 e. The molecule has 0 aromatic heterocycles. The van der Waals surface area contributed by atoms with E-state index in [0.29, 0.717) is 5.92 Å². The third-order valence-electron chi connectivity index (χ3n) is 13.1. The first-order valence-corrected chi connectivity index (χ1v) is 19.5. The van der Waals surface area contributed by atoms with Crippen LogP contribution in [-0.2, 0) is 11.8 Å². The van der Waals surface area contributed by atoms with Gasteiger partial charge in [-0.1, -0.05) is 130 Å². The lowest BCUT2D eigenvalue weighted by atomic mass is 9.54. The lowest BCUT2D eigenvalue weighted by Gasteiger charge is -2.51. The van der Waals surface area contributed by atoms with Crippen LogP contribution in [0, 0.1) is 0 Å². The average molecular weight is 641 g/mol. The summed E-state index contributed by atoms with van der Waals surface area (Å²) >= 11 is 0. The molecule has 11 rings (SSSR count). The number of hydrogen-bond donors (Lipinski definition) is 0. The van der Waals surface area contributed by atoms with E-state index < -0.39 is 0 Å². The summed E-state index contributed by atoms with van der Waals surface area (Å²) in [7, 11) is 0. The first-order chi connectivity index (χ1) is 23.9. The van der Waals surface area contributed by atoms with Gasteiger partial charge in [0.1, 0.15) is 0 Å². The average Bonchev–Trinajstić information content (AvgIpc) is 3.16. The van der Waals surface area contributed by atoms with E-state index in [4.69, 9.17) is 0 Å². The first kappa shape index (κ1) is 31.1. The van der Waals surface area contributed by atoms with Crippen LogP contribution in [-0.4, -0.2) is 0 Å². The highest BCUT2D eigenvalue weighted by Crippen LogP contribution is 2.62. The molecule has 0 N–H and O–H groups in total. The van der Waals surface area contributed by atoms with Gasteiger partial charge in [0.2, 0.25) is 0 Å². The van der Waals surface area contributed by atoms with E-state index in [1.807, 2.05) is 27.8 Å². The van der Waals surface area contributed by atoms with E-state index >= 15 is 0 Å². The second-order valence-corrected chi connectivity index (χ2v) is 16.9. The molecule has 5 aromatic carbocycles. The van der Waals surface area contributed by atoms with Crippen molar-refractivity contribution in [1.29, 1.82) is 0 Å². The van der Waals surface area contributed by atoms with E-state index in [2.05, 4.69) is 130 Å². The van der Waals surface area contributed by atoms with Gasteiger partial charge in [0.15, 0.2) is 0 Å². The van der Waals surface area contributed by atoms with E-state index in [1.54, 1.807) is 5.56 Å². The number of benzene rings is 5. The quantitative estimate of drug-likeness (QED) is 0.166. The number of fused-ring (bicyclic) bond motifs is 4. The van der Waals surface area contributed by atoms with E-state index in [-0.39, 0.29) is 5.41 Å². The fourth-order valence-electron chi connectivity index (χ4n) is 11.0. The first-order valence-electron chi connectivity index (χ1n) is 19.5. The van der Waals surface area contributed by atoms with Crippen molar-refractivity contribution in [2.24, 2.45) is 0 Å². The maximum atomic E-state index is 2.57. The molecule has 0 aliphatic heterocycles. The number of hydrogen-bond acceptors (Lipinski definition) is 0. The SMILES string of the molecule is CC(C)(C)c1c2c(c(C(CCc3ccc(-c4ccccc4)cc3)c3cccc(-c4ccccc4)c3)c3c1C1CCC3CC1)C1CCC2CC1. The van der Waals surface area contributed by atoms with Crippen LogP contribution in [0.3, 0.4) is 0 Å². The van der Waals surface area contributed by atoms with Crippen molar-refractivity contribution >= 4 is 0 Å². The van der Waals surface area contributed by atoms with Crippen LogP contribution in [0.1, 0.15) is 153 Å². The fourth-order valence-corrected chi connectivity index (χ4v) is 11.0. The summed E-state index contributed by atoms with van der Waals surface area (Å²) in [4.78, 5) is 0. The van der Waals surface area contributed by atoms with Crippen molar-refractivity contribution in [2.75, 3.05) is 0 Å². The predicted molar refractivity (Wildman–Crippen MR) is 207 cm³/mol. The van der Waals surface area contributed by atoms with Crippen molar-refractivity contribution in [3.63, 3.8) is 0 Å². The Morgan fingerprint density at radius 1 is 0.490 bits per heavy atom. The maximum absolute atomic E-state index is 2.57. The molecule has 4 bridgehead atoms. The molecule has 2 fully saturated rings. The monoisotopic (exact) mass is 640 g/mol. The third-order valence-corrected chi connectivity index (χ3v) is 13.1. The van der Waals surface area contributed by atoms with Crippen molar-refractivity contribution in [3.05, 3.63) is 154 Å².